The van der Waals surface area contributed by atoms with Crippen LogP contribution in [0, 0.1) is 19.1 Å². The second-order valence-electron chi connectivity index (χ2n) is 12.9. The van der Waals surface area contributed by atoms with E-state index in [0.717, 1.165) is 28.9 Å². The van der Waals surface area contributed by atoms with E-state index in [4.69, 9.17) is 4.98 Å². The van der Waals surface area contributed by atoms with E-state index in [0.29, 0.717) is 5.92 Å². The first-order chi connectivity index (χ1) is 21.7. The molecule has 0 saturated carbocycles. The minimum atomic E-state index is -1.44. The van der Waals surface area contributed by atoms with E-state index in [1.165, 1.54) is 38.6 Å². The molecular formula is C42H42IrN2Si-2. The average molecular weight is 795 g/mol. The fourth-order valence-corrected chi connectivity index (χ4v) is 6.90. The maximum atomic E-state index is 4.75. The predicted octanol–water partition coefficient (Wildman–Crippen LogP) is 10.3. The standard InChI is InChI=1S/C22H24NSi.C20H18N.Ir/c1-17-10-12-19(13-11-17)21-15-20(14-18-8-6-5-7-9-18)22(16-23-21)24(2,3)4;1-15(2)17-11-12-21-20(14-17)19-10-6-9-18(13-19)16-7-4-3-5-8-16;/h5-12,15-16H,14H2,1-4H3;3-9,11-15H,1-2H3;/q2*-1;. The van der Waals surface area contributed by atoms with Crippen molar-refractivity contribution in [1.82, 2.24) is 9.97 Å². The van der Waals surface area contributed by atoms with E-state index in [-0.39, 0.29) is 20.1 Å². The summed E-state index contributed by atoms with van der Waals surface area (Å²) in [6.45, 7) is 13.6. The van der Waals surface area contributed by atoms with Crippen LogP contribution < -0.4 is 5.19 Å². The first kappa shape index (κ1) is 34.9. The molecule has 2 nitrogen and oxygen atoms in total. The normalized spacial score (nSPS) is 10.9. The van der Waals surface area contributed by atoms with Crippen LogP contribution in [-0.4, -0.2) is 18.0 Å². The Morgan fingerprint density at radius 3 is 2.04 bits per heavy atom. The maximum Gasteiger partial charge on any atom is 0.0799 e. The fraction of sp³-hybridized carbons (Fsp3) is 0.190. The van der Waals surface area contributed by atoms with Crippen LogP contribution >= 0.6 is 0 Å². The van der Waals surface area contributed by atoms with Gasteiger partial charge >= 0.3 is 0 Å². The molecule has 0 N–H and O–H groups in total. The first-order valence-corrected chi connectivity index (χ1v) is 19.2. The Bertz CT molecular complexity index is 1830. The monoisotopic (exact) mass is 795 g/mol. The molecule has 0 bridgehead atoms. The van der Waals surface area contributed by atoms with Crippen molar-refractivity contribution in [2.24, 2.45) is 0 Å². The van der Waals surface area contributed by atoms with Crippen LogP contribution in [0.2, 0.25) is 19.6 Å². The van der Waals surface area contributed by atoms with Gasteiger partial charge in [-0.2, -0.15) is 0 Å². The zero-order chi connectivity index (χ0) is 31.8. The summed E-state index contributed by atoms with van der Waals surface area (Å²) in [6, 6.07) is 46.7. The molecule has 2 aromatic heterocycles. The third-order valence-electron chi connectivity index (χ3n) is 7.91. The fourth-order valence-electron chi connectivity index (χ4n) is 5.32. The molecule has 0 atom stereocenters. The molecule has 0 aliphatic heterocycles. The number of hydrogen-bond donors (Lipinski definition) is 0. The Balaban J connectivity index is 0.000000206. The van der Waals surface area contributed by atoms with Crippen LogP contribution in [0.1, 0.15) is 42.0 Å². The van der Waals surface area contributed by atoms with Gasteiger partial charge in [0.15, 0.2) is 0 Å². The van der Waals surface area contributed by atoms with Crippen LogP contribution in [0.4, 0.5) is 0 Å². The topological polar surface area (TPSA) is 25.8 Å². The largest absolute Gasteiger partial charge is 0.305 e. The molecule has 4 heteroatoms. The van der Waals surface area contributed by atoms with E-state index in [9.17, 15) is 0 Å². The van der Waals surface area contributed by atoms with Crippen LogP contribution in [0.25, 0.3) is 33.6 Å². The molecule has 6 rings (SSSR count). The molecule has 1 radical (unpaired) electrons. The van der Waals surface area contributed by atoms with Gasteiger partial charge in [0.2, 0.25) is 0 Å². The number of rotatable bonds is 7. The van der Waals surface area contributed by atoms with Crippen molar-refractivity contribution in [2.45, 2.75) is 52.8 Å². The van der Waals surface area contributed by atoms with Gasteiger partial charge in [0.1, 0.15) is 0 Å². The molecule has 0 unspecified atom stereocenters. The Morgan fingerprint density at radius 1 is 0.696 bits per heavy atom. The van der Waals surface area contributed by atoms with Crippen LogP contribution in [-0.2, 0) is 26.5 Å². The average Bonchev–Trinajstić information content (AvgIpc) is 3.06. The molecule has 0 aliphatic carbocycles. The molecule has 4 aromatic carbocycles. The third kappa shape index (κ3) is 9.30. The van der Waals surface area contributed by atoms with Gasteiger partial charge in [0.25, 0.3) is 0 Å². The number of nitrogens with zero attached hydrogens (tertiary/aromatic N) is 2. The molecule has 0 spiro atoms. The quantitative estimate of drug-likeness (QED) is 0.119. The van der Waals surface area contributed by atoms with Gasteiger partial charge in [0, 0.05) is 32.5 Å². The van der Waals surface area contributed by atoms with Gasteiger partial charge in [-0.25, -0.2) is 0 Å². The molecule has 0 aliphatic rings. The summed E-state index contributed by atoms with van der Waals surface area (Å²) in [6.07, 6.45) is 4.95. The van der Waals surface area contributed by atoms with E-state index in [1.54, 1.807) is 0 Å². The second kappa shape index (κ2) is 16.0. The van der Waals surface area contributed by atoms with Crippen molar-refractivity contribution in [2.75, 3.05) is 0 Å². The van der Waals surface area contributed by atoms with Gasteiger partial charge in [-0.1, -0.05) is 124 Å². The minimum Gasteiger partial charge on any atom is -0.305 e. The smallest absolute Gasteiger partial charge is 0.0799 e. The summed E-state index contributed by atoms with van der Waals surface area (Å²) in [5, 5.41) is 1.45. The molecule has 46 heavy (non-hydrogen) atoms. The van der Waals surface area contributed by atoms with Crippen molar-refractivity contribution in [1.29, 1.82) is 0 Å². The molecule has 6 aromatic rings. The maximum absolute atomic E-state index is 4.75. The first-order valence-electron chi connectivity index (χ1n) is 15.7. The van der Waals surface area contributed by atoms with Crippen molar-refractivity contribution in [3.8, 4) is 33.6 Å². The Hall–Kier alpha value is -3.95. The number of benzene rings is 4. The zero-order valence-electron chi connectivity index (χ0n) is 27.6. The van der Waals surface area contributed by atoms with E-state index in [1.807, 2.05) is 24.4 Å². The van der Waals surface area contributed by atoms with Crippen molar-refractivity contribution in [3.05, 3.63) is 162 Å². The summed E-state index contributed by atoms with van der Waals surface area (Å²) in [5.74, 6) is 0.504. The molecule has 235 valence electrons. The predicted molar refractivity (Wildman–Crippen MR) is 194 cm³/mol. The summed E-state index contributed by atoms with van der Waals surface area (Å²) in [7, 11) is -1.44. The summed E-state index contributed by atoms with van der Waals surface area (Å²) in [4.78, 5) is 9.25. The number of hydrogen-bond acceptors (Lipinski definition) is 2. The van der Waals surface area contributed by atoms with Gasteiger partial charge in [-0.3, -0.25) is 0 Å². The summed E-state index contributed by atoms with van der Waals surface area (Å²) < 4.78 is 0. The third-order valence-corrected chi connectivity index (χ3v) is 9.98. The van der Waals surface area contributed by atoms with Crippen molar-refractivity contribution < 1.29 is 20.1 Å². The van der Waals surface area contributed by atoms with Crippen LogP contribution in [0.5, 0.6) is 0 Å². The van der Waals surface area contributed by atoms with Gasteiger partial charge < -0.3 is 9.97 Å². The molecule has 0 amide bonds. The van der Waals surface area contributed by atoms with E-state index >= 15 is 0 Å². The Kier molecular flexibility index (Phi) is 12.2. The van der Waals surface area contributed by atoms with E-state index < -0.39 is 8.07 Å². The summed E-state index contributed by atoms with van der Waals surface area (Å²) in [5.41, 5.74) is 11.8. The van der Waals surface area contributed by atoms with E-state index in [2.05, 4.69) is 161 Å². The van der Waals surface area contributed by atoms with Crippen molar-refractivity contribution >= 4 is 13.3 Å². The van der Waals surface area contributed by atoms with Crippen LogP contribution in [0.15, 0.2) is 128 Å². The number of aromatic nitrogens is 2. The zero-order valence-corrected chi connectivity index (χ0v) is 31.0. The second-order valence-corrected chi connectivity index (χ2v) is 17.9. The van der Waals surface area contributed by atoms with Gasteiger partial charge in [-0.15, -0.1) is 70.8 Å². The Labute approximate surface area is 290 Å². The summed E-state index contributed by atoms with van der Waals surface area (Å²) >= 11 is 0. The number of pyridine rings is 2. The van der Waals surface area contributed by atoms with Gasteiger partial charge in [-0.05, 0) is 46.1 Å². The Morgan fingerprint density at radius 2 is 1.39 bits per heavy atom. The van der Waals surface area contributed by atoms with Gasteiger partial charge in [0.05, 0.1) is 8.07 Å². The SMILES string of the molecule is CC(C)c1ccnc(-c2[c-]ccc(-c3ccccc3)c2)c1.Cc1c[c-]c(-c2cc(Cc3ccccc3)c([Si](C)(C)C)cn2)cc1.[Ir]. The van der Waals surface area contributed by atoms with Crippen LogP contribution in [0.3, 0.4) is 0 Å². The molecule has 0 fully saturated rings. The molecule has 0 saturated heterocycles. The molecule has 2 heterocycles. The number of aryl methyl sites for hydroxylation is 1. The molecular weight excluding hydrogens is 753 g/mol. The van der Waals surface area contributed by atoms with Crippen molar-refractivity contribution in [3.63, 3.8) is 0 Å². The minimum absolute atomic E-state index is 0.